The van der Waals surface area contributed by atoms with Gasteiger partial charge in [0.1, 0.15) is 0 Å². The molecule has 1 atom stereocenters. The molecule has 0 bridgehead atoms. The molecule has 0 aromatic heterocycles. The average Bonchev–Trinajstić information content (AvgIpc) is 2.18. The predicted molar refractivity (Wildman–Crippen MR) is 67.2 cm³/mol. The van der Waals surface area contributed by atoms with E-state index in [2.05, 4.69) is 28.2 Å². The molecule has 0 aliphatic heterocycles. The molecule has 0 radical (unpaired) electrons. The lowest BCUT2D eigenvalue weighted by Crippen LogP contribution is -2.28. The second-order valence-corrected chi connectivity index (χ2v) is 6.19. The molecule has 1 amide bonds. The van der Waals surface area contributed by atoms with E-state index in [1.165, 1.54) is 32.1 Å². The number of halogens is 1. The summed E-state index contributed by atoms with van der Waals surface area (Å²) in [5.74, 6) is 0.898. The summed E-state index contributed by atoms with van der Waals surface area (Å²) >= 11 is 3.47. The third kappa shape index (κ3) is 6.18. The van der Waals surface area contributed by atoms with Crippen molar-refractivity contribution in [2.75, 3.05) is 6.54 Å². The van der Waals surface area contributed by atoms with Gasteiger partial charge in [-0.05, 0) is 25.2 Å². The maximum Gasteiger partial charge on any atom is 0.220 e. The Morgan fingerprint density at radius 2 is 2.07 bits per heavy atom. The largest absolute Gasteiger partial charge is 0.356 e. The van der Waals surface area contributed by atoms with Crippen LogP contribution in [0.25, 0.3) is 0 Å². The van der Waals surface area contributed by atoms with Crippen molar-refractivity contribution < 1.29 is 4.79 Å². The van der Waals surface area contributed by atoms with E-state index in [1.54, 1.807) is 0 Å². The summed E-state index contributed by atoms with van der Waals surface area (Å²) in [5, 5.41) is 2.99. The van der Waals surface area contributed by atoms with Gasteiger partial charge in [0, 0.05) is 17.8 Å². The van der Waals surface area contributed by atoms with Crippen molar-refractivity contribution in [1.82, 2.24) is 5.32 Å². The number of carbonyl (C=O) groups is 1. The first-order chi connectivity index (χ1) is 7.18. The normalized spacial score (nSPS) is 19.9. The molecular formula is C12H22BrNO. The summed E-state index contributed by atoms with van der Waals surface area (Å²) in [6, 6.07) is 0. The molecule has 1 aliphatic carbocycles. The van der Waals surface area contributed by atoms with Gasteiger partial charge in [-0.2, -0.15) is 0 Å². The van der Waals surface area contributed by atoms with Crippen LogP contribution in [-0.4, -0.2) is 17.3 Å². The third-order valence-electron chi connectivity index (χ3n) is 3.06. The molecule has 88 valence electrons. The van der Waals surface area contributed by atoms with Crippen molar-refractivity contribution in [2.45, 2.75) is 56.7 Å². The molecule has 0 saturated heterocycles. The van der Waals surface area contributed by atoms with Crippen LogP contribution in [0.1, 0.15) is 51.9 Å². The molecule has 1 fully saturated rings. The van der Waals surface area contributed by atoms with Crippen molar-refractivity contribution >= 4 is 21.8 Å². The Labute approximate surface area is 101 Å². The van der Waals surface area contributed by atoms with Crippen LogP contribution in [-0.2, 0) is 4.79 Å². The second-order valence-electron chi connectivity index (χ2n) is 4.63. The molecule has 3 heteroatoms. The zero-order chi connectivity index (χ0) is 11.1. The fourth-order valence-corrected chi connectivity index (χ4v) is 2.37. The number of amides is 1. The van der Waals surface area contributed by atoms with Crippen molar-refractivity contribution in [1.29, 1.82) is 0 Å². The quantitative estimate of drug-likeness (QED) is 0.767. The third-order valence-corrected chi connectivity index (χ3v) is 3.52. The molecule has 0 aromatic rings. The van der Waals surface area contributed by atoms with Gasteiger partial charge in [0.15, 0.2) is 0 Å². The first-order valence-electron chi connectivity index (χ1n) is 6.09. The van der Waals surface area contributed by atoms with Crippen molar-refractivity contribution in [2.24, 2.45) is 5.92 Å². The van der Waals surface area contributed by atoms with Gasteiger partial charge in [0.25, 0.3) is 0 Å². The van der Waals surface area contributed by atoms with Crippen LogP contribution in [0, 0.1) is 5.92 Å². The standard InChI is InChI=1S/C12H22BrNO/c1-10(13)7-8-14-12(15)9-11-5-3-2-4-6-11/h10-11H,2-9H2,1H3,(H,14,15). The highest BCUT2D eigenvalue weighted by atomic mass is 79.9. The number of nitrogens with one attached hydrogen (secondary N) is 1. The SMILES string of the molecule is CC(Br)CCNC(=O)CC1CCCCC1. The van der Waals surface area contributed by atoms with Gasteiger partial charge in [-0.3, -0.25) is 4.79 Å². The van der Waals surface area contributed by atoms with Crippen LogP contribution < -0.4 is 5.32 Å². The minimum absolute atomic E-state index is 0.245. The Morgan fingerprint density at radius 3 is 2.67 bits per heavy atom. The molecule has 2 nitrogen and oxygen atoms in total. The molecular weight excluding hydrogens is 254 g/mol. The lowest BCUT2D eigenvalue weighted by atomic mass is 9.87. The molecule has 1 rings (SSSR count). The van der Waals surface area contributed by atoms with Gasteiger partial charge in [-0.15, -0.1) is 0 Å². The zero-order valence-corrected chi connectivity index (χ0v) is 11.2. The summed E-state index contributed by atoms with van der Waals surface area (Å²) < 4.78 is 0. The van der Waals surface area contributed by atoms with Crippen LogP contribution in [0.5, 0.6) is 0 Å². The maximum absolute atomic E-state index is 11.6. The van der Waals surface area contributed by atoms with Gasteiger partial charge in [0.2, 0.25) is 5.91 Å². The molecule has 1 unspecified atom stereocenters. The molecule has 0 spiro atoms. The highest BCUT2D eigenvalue weighted by molar-refractivity contribution is 9.09. The maximum atomic E-state index is 11.6. The van der Waals surface area contributed by atoms with Gasteiger partial charge in [-0.1, -0.05) is 42.1 Å². The molecule has 15 heavy (non-hydrogen) atoms. The Bertz CT molecular complexity index is 188. The summed E-state index contributed by atoms with van der Waals surface area (Å²) in [4.78, 5) is 12.1. The number of rotatable bonds is 5. The molecule has 1 aliphatic rings. The Hall–Kier alpha value is -0.0500. The summed E-state index contributed by atoms with van der Waals surface area (Å²) in [5.41, 5.74) is 0. The van der Waals surface area contributed by atoms with Crippen molar-refractivity contribution in [3.63, 3.8) is 0 Å². The molecule has 1 saturated carbocycles. The minimum Gasteiger partial charge on any atom is -0.356 e. The van der Waals surface area contributed by atoms with Crippen molar-refractivity contribution in [3.8, 4) is 0 Å². The lowest BCUT2D eigenvalue weighted by molar-refractivity contribution is -0.122. The Kier molecular flexibility index (Phi) is 6.30. The van der Waals surface area contributed by atoms with Crippen LogP contribution in [0.3, 0.4) is 0 Å². The van der Waals surface area contributed by atoms with Crippen molar-refractivity contribution in [3.05, 3.63) is 0 Å². The topological polar surface area (TPSA) is 29.1 Å². The lowest BCUT2D eigenvalue weighted by Gasteiger charge is -2.20. The first-order valence-corrected chi connectivity index (χ1v) is 7.01. The fourth-order valence-electron chi connectivity index (χ4n) is 2.14. The van der Waals surface area contributed by atoms with E-state index in [9.17, 15) is 4.79 Å². The van der Waals surface area contributed by atoms with E-state index in [1.807, 2.05) is 0 Å². The van der Waals surface area contributed by atoms with E-state index in [0.29, 0.717) is 10.7 Å². The summed E-state index contributed by atoms with van der Waals surface area (Å²) in [6.45, 7) is 2.91. The van der Waals surface area contributed by atoms with Gasteiger partial charge >= 0.3 is 0 Å². The monoisotopic (exact) mass is 275 g/mol. The van der Waals surface area contributed by atoms with Crippen LogP contribution in [0.15, 0.2) is 0 Å². The molecule has 0 heterocycles. The van der Waals surface area contributed by atoms with Crippen LogP contribution in [0.2, 0.25) is 0 Å². The summed E-state index contributed by atoms with van der Waals surface area (Å²) in [6.07, 6.45) is 8.25. The number of carbonyl (C=O) groups excluding carboxylic acids is 1. The number of hydrogen-bond acceptors (Lipinski definition) is 1. The highest BCUT2D eigenvalue weighted by Gasteiger charge is 2.16. The predicted octanol–water partition coefficient (Wildman–Crippen LogP) is 3.25. The smallest absolute Gasteiger partial charge is 0.220 e. The zero-order valence-electron chi connectivity index (χ0n) is 9.60. The van der Waals surface area contributed by atoms with E-state index in [-0.39, 0.29) is 5.91 Å². The van der Waals surface area contributed by atoms with E-state index in [0.717, 1.165) is 19.4 Å². The average molecular weight is 276 g/mol. The van der Waals surface area contributed by atoms with Gasteiger partial charge in [0.05, 0.1) is 0 Å². The van der Waals surface area contributed by atoms with Crippen LogP contribution in [0.4, 0.5) is 0 Å². The summed E-state index contributed by atoms with van der Waals surface area (Å²) in [7, 11) is 0. The molecule has 0 aromatic carbocycles. The van der Waals surface area contributed by atoms with E-state index in [4.69, 9.17) is 0 Å². The second kappa shape index (κ2) is 7.26. The Morgan fingerprint density at radius 1 is 1.40 bits per heavy atom. The number of hydrogen-bond donors (Lipinski definition) is 1. The van der Waals surface area contributed by atoms with E-state index < -0.39 is 0 Å². The first kappa shape index (κ1) is 13.0. The molecule has 1 N–H and O–H groups in total. The van der Waals surface area contributed by atoms with Gasteiger partial charge < -0.3 is 5.32 Å². The van der Waals surface area contributed by atoms with Gasteiger partial charge in [-0.25, -0.2) is 0 Å². The number of alkyl halides is 1. The fraction of sp³-hybridized carbons (Fsp3) is 0.917. The van der Waals surface area contributed by atoms with E-state index >= 15 is 0 Å². The highest BCUT2D eigenvalue weighted by Crippen LogP contribution is 2.25. The van der Waals surface area contributed by atoms with Crippen LogP contribution >= 0.6 is 15.9 Å². The Balaban J connectivity index is 2.06. The minimum atomic E-state index is 0.245.